The molecule has 0 saturated carbocycles. The van der Waals surface area contributed by atoms with Crippen molar-refractivity contribution in [2.45, 2.75) is 19.3 Å². The molecular weight excluding hydrogens is 336 g/mol. The number of rotatable bonds is 3. The van der Waals surface area contributed by atoms with Gasteiger partial charge in [0.25, 0.3) is 0 Å². The Balaban J connectivity index is 2.50. The zero-order valence-electron chi connectivity index (χ0n) is 12.2. The number of nitrogens with one attached hydrogen (secondary N) is 1. The summed E-state index contributed by atoms with van der Waals surface area (Å²) < 4.78 is 77.3. The summed E-state index contributed by atoms with van der Waals surface area (Å²) in [6, 6.07) is 6.63. The maximum absolute atomic E-state index is 13.0. The highest BCUT2D eigenvalue weighted by Gasteiger charge is 2.37. The van der Waals surface area contributed by atoms with Crippen LogP contribution in [0.2, 0.25) is 0 Å². The Kier molecular flexibility index (Phi) is 4.59. The summed E-state index contributed by atoms with van der Waals surface area (Å²) in [5.74, 6) is -0.321. The molecule has 2 rings (SSSR count). The number of carbonyl (C=O) groups is 1. The maximum atomic E-state index is 13.0. The Morgan fingerprint density at radius 1 is 0.917 bits per heavy atom. The van der Waals surface area contributed by atoms with Crippen LogP contribution in [-0.4, -0.2) is 5.78 Å². The van der Waals surface area contributed by atoms with E-state index in [0.717, 1.165) is 0 Å². The van der Waals surface area contributed by atoms with E-state index in [1.807, 2.05) is 0 Å². The lowest BCUT2D eigenvalue weighted by molar-refractivity contribution is -0.140. The maximum Gasteiger partial charge on any atom is 0.418 e. The number of alkyl halides is 6. The zero-order valence-corrected chi connectivity index (χ0v) is 12.2. The first kappa shape index (κ1) is 17.8. The third-order valence-electron chi connectivity index (χ3n) is 3.20. The molecule has 0 aliphatic rings. The number of halogens is 6. The van der Waals surface area contributed by atoms with E-state index in [1.54, 1.807) is 0 Å². The van der Waals surface area contributed by atoms with E-state index in [0.29, 0.717) is 18.2 Å². The van der Waals surface area contributed by atoms with Gasteiger partial charge in [-0.15, -0.1) is 0 Å². The van der Waals surface area contributed by atoms with Gasteiger partial charge < -0.3 is 5.32 Å². The highest BCUT2D eigenvalue weighted by molar-refractivity contribution is 5.95. The van der Waals surface area contributed by atoms with Gasteiger partial charge in [-0.25, -0.2) is 0 Å². The molecule has 2 aromatic rings. The fraction of sp³-hybridized carbons (Fsp3) is 0.188. The van der Waals surface area contributed by atoms with Crippen molar-refractivity contribution in [2.75, 3.05) is 5.32 Å². The van der Waals surface area contributed by atoms with Gasteiger partial charge in [-0.05, 0) is 37.3 Å². The molecular formula is C16H11F6NO. The van der Waals surface area contributed by atoms with Crippen molar-refractivity contribution in [1.29, 1.82) is 0 Å². The number of anilines is 2. The molecule has 0 spiro atoms. The lowest BCUT2D eigenvalue weighted by atomic mass is 10.1. The van der Waals surface area contributed by atoms with E-state index < -0.39 is 29.2 Å². The van der Waals surface area contributed by atoms with E-state index in [1.165, 1.54) is 31.2 Å². The molecule has 0 aromatic heterocycles. The van der Waals surface area contributed by atoms with Crippen molar-refractivity contribution in [3.63, 3.8) is 0 Å². The Labute approximate surface area is 133 Å². The van der Waals surface area contributed by atoms with Crippen LogP contribution in [0.15, 0.2) is 42.5 Å². The smallest absolute Gasteiger partial charge is 0.355 e. The number of hydrogen-bond donors (Lipinski definition) is 1. The molecule has 0 fully saturated rings. The predicted molar refractivity (Wildman–Crippen MR) is 76.2 cm³/mol. The molecule has 0 aliphatic heterocycles. The molecule has 0 bridgehead atoms. The molecule has 2 nitrogen and oxygen atoms in total. The second-order valence-electron chi connectivity index (χ2n) is 5.02. The van der Waals surface area contributed by atoms with Crippen molar-refractivity contribution >= 4 is 17.2 Å². The minimum absolute atomic E-state index is 0.0764. The molecule has 1 N–H and O–H groups in total. The lowest BCUT2D eigenvalue weighted by Gasteiger charge is -2.17. The van der Waals surface area contributed by atoms with Crippen LogP contribution >= 0.6 is 0 Å². The van der Waals surface area contributed by atoms with Gasteiger partial charge in [0.2, 0.25) is 0 Å². The van der Waals surface area contributed by atoms with Crippen LogP contribution in [0.3, 0.4) is 0 Å². The third-order valence-corrected chi connectivity index (χ3v) is 3.20. The van der Waals surface area contributed by atoms with Crippen molar-refractivity contribution in [3.8, 4) is 0 Å². The highest BCUT2D eigenvalue weighted by atomic mass is 19.4. The molecule has 0 atom stereocenters. The second-order valence-corrected chi connectivity index (χ2v) is 5.02. The van der Waals surface area contributed by atoms with Gasteiger partial charge in [0.15, 0.2) is 5.78 Å². The van der Waals surface area contributed by atoms with E-state index >= 15 is 0 Å². The number of benzene rings is 2. The quantitative estimate of drug-likeness (QED) is 0.572. The van der Waals surface area contributed by atoms with Crippen molar-refractivity contribution < 1.29 is 31.1 Å². The van der Waals surface area contributed by atoms with Crippen LogP contribution in [0, 0.1) is 0 Å². The molecule has 0 radical (unpaired) electrons. The third kappa shape index (κ3) is 4.06. The monoisotopic (exact) mass is 347 g/mol. The van der Waals surface area contributed by atoms with Gasteiger partial charge in [-0.3, -0.25) is 4.79 Å². The van der Waals surface area contributed by atoms with Gasteiger partial charge in [0.05, 0.1) is 16.8 Å². The minimum atomic E-state index is -4.83. The fourth-order valence-electron chi connectivity index (χ4n) is 2.04. The molecule has 0 unspecified atom stereocenters. The van der Waals surface area contributed by atoms with E-state index in [-0.39, 0.29) is 17.0 Å². The molecule has 2 aromatic carbocycles. The van der Waals surface area contributed by atoms with Gasteiger partial charge in [-0.1, -0.05) is 12.1 Å². The van der Waals surface area contributed by atoms with Crippen molar-refractivity contribution in [2.24, 2.45) is 0 Å². The first-order valence-electron chi connectivity index (χ1n) is 6.65. The summed E-state index contributed by atoms with van der Waals surface area (Å²) in [5, 5.41) is 2.31. The topological polar surface area (TPSA) is 29.1 Å². The van der Waals surface area contributed by atoms with Crippen molar-refractivity contribution in [1.82, 2.24) is 0 Å². The summed E-state index contributed by atoms with van der Waals surface area (Å²) >= 11 is 0. The molecule has 8 heteroatoms. The van der Waals surface area contributed by atoms with Gasteiger partial charge in [0, 0.05) is 11.3 Å². The zero-order chi connectivity index (χ0) is 18.1. The summed E-state index contributed by atoms with van der Waals surface area (Å²) in [6.07, 6.45) is -9.60. The van der Waals surface area contributed by atoms with Crippen LogP contribution in [0.25, 0.3) is 0 Å². The van der Waals surface area contributed by atoms with Crippen molar-refractivity contribution in [3.05, 3.63) is 59.2 Å². The Morgan fingerprint density at radius 3 is 2.12 bits per heavy atom. The number of hydrogen-bond acceptors (Lipinski definition) is 2. The van der Waals surface area contributed by atoms with Crippen LogP contribution in [-0.2, 0) is 12.4 Å². The standard InChI is InChI=1S/C16H11F6NO/c1-9(24)10-3-2-4-12(7-10)23-14-8-11(15(17,18)19)5-6-13(14)16(20,21)22/h2-8,23H,1H3. The number of carbonyl (C=O) groups excluding carboxylic acids is 1. The molecule has 128 valence electrons. The average molecular weight is 347 g/mol. The Bertz CT molecular complexity index is 764. The first-order chi connectivity index (χ1) is 11.0. The SMILES string of the molecule is CC(=O)c1cccc(Nc2cc(C(F)(F)F)ccc2C(F)(F)F)c1. The molecule has 0 heterocycles. The lowest BCUT2D eigenvalue weighted by Crippen LogP contribution is -2.12. The van der Waals surface area contributed by atoms with Crippen LogP contribution in [0.4, 0.5) is 37.7 Å². The molecule has 0 aliphatic carbocycles. The molecule has 0 amide bonds. The molecule has 0 saturated heterocycles. The second kappa shape index (κ2) is 6.18. The van der Waals surface area contributed by atoms with E-state index in [2.05, 4.69) is 5.32 Å². The summed E-state index contributed by atoms with van der Waals surface area (Å²) in [6.45, 7) is 1.27. The average Bonchev–Trinajstić information content (AvgIpc) is 2.45. The van der Waals surface area contributed by atoms with Crippen LogP contribution in [0.5, 0.6) is 0 Å². The van der Waals surface area contributed by atoms with E-state index in [4.69, 9.17) is 0 Å². The van der Waals surface area contributed by atoms with Gasteiger partial charge >= 0.3 is 12.4 Å². The summed E-state index contributed by atoms with van der Waals surface area (Å²) in [5.41, 5.74) is -2.88. The van der Waals surface area contributed by atoms with E-state index in [9.17, 15) is 31.1 Å². The Hall–Kier alpha value is -2.51. The van der Waals surface area contributed by atoms with Crippen LogP contribution in [0.1, 0.15) is 28.4 Å². The largest absolute Gasteiger partial charge is 0.418 e. The normalized spacial score (nSPS) is 12.1. The predicted octanol–water partition coefficient (Wildman–Crippen LogP) is 5.67. The number of Topliss-reactive ketones (excluding diaryl/α,β-unsaturated/α-hetero) is 1. The summed E-state index contributed by atoms with van der Waals surface area (Å²) in [7, 11) is 0. The van der Waals surface area contributed by atoms with Gasteiger partial charge in [0.1, 0.15) is 0 Å². The molecule has 24 heavy (non-hydrogen) atoms. The Morgan fingerprint density at radius 2 is 1.58 bits per heavy atom. The number of ketones is 1. The first-order valence-corrected chi connectivity index (χ1v) is 6.65. The fourth-order valence-corrected chi connectivity index (χ4v) is 2.04. The minimum Gasteiger partial charge on any atom is -0.355 e. The van der Waals surface area contributed by atoms with Crippen LogP contribution < -0.4 is 5.32 Å². The summed E-state index contributed by atoms with van der Waals surface area (Å²) in [4.78, 5) is 11.3. The highest BCUT2D eigenvalue weighted by Crippen LogP contribution is 2.40. The van der Waals surface area contributed by atoms with Gasteiger partial charge in [-0.2, -0.15) is 26.3 Å².